The third kappa shape index (κ3) is 9.77. The Balaban J connectivity index is 0.000000301. The summed E-state index contributed by atoms with van der Waals surface area (Å²) in [5.41, 5.74) is 1.06. The van der Waals surface area contributed by atoms with E-state index in [1.165, 1.54) is 18.0 Å². The number of carbonyl (C=O) groups is 2. The molecule has 2 saturated heterocycles. The molecule has 4 heterocycles. The number of nitrogens with zero attached hydrogens (tertiary/aromatic N) is 4. The quantitative estimate of drug-likeness (QED) is 0.540. The number of carboxylic acid groups (broad SMARTS) is 2. The SMILES string of the molecule is Fc1cnc(N2CCOC3(CCN(Cc4ccoc4)CC3)C2)nc1.O=C(O)C(F)(F)F.O=C(O)C(F)(F)F. The third-order valence-electron chi connectivity index (χ3n) is 5.38. The van der Waals surface area contributed by atoms with Crippen molar-refractivity contribution >= 4 is 17.9 Å². The highest BCUT2D eigenvalue weighted by Gasteiger charge is 2.41. The van der Waals surface area contributed by atoms with E-state index in [0.717, 1.165) is 45.6 Å². The second-order valence-electron chi connectivity index (χ2n) is 8.17. The number of aromatic nitrogens is 2. The Bertz CT molecular complexity index is 1000. The van der Waals surface area contributed by atoms with Crippen LogP contribution in [0.2, 0.25) is 0 Å². The maximum atomic E-state index is 13.0. The van der Waals surface area contributed by atoms with Gasteiger partial charge in [0, 0.05) is 31.7 Å². The molecule has 2 aliphatic heterocycles. The van der Waals surface area contributed by atoms with Crippen LogP contribution in [0.1, 0.15) is 18.4 Å². The normalized spacial score (nSPS) is 17.6. The van der Waals surface area contributed by atoms with Gasteiger partial charge in [-0.1, -0.05) is 0 Å². The molecule has 0 bridgehead atoms. The van der Waals surface area contributed by atoms with Gasteiger partial charge < -0.3 is 24.3 Å². The summed E-state index contributed by atoms with van der Waals surface area (Å²) < 4.78 is 87.8. The molecular weight excluding hydrogens is 537 g/mol. The van der Waals surface area contributed by atoms with E-state index in [1.54, 1.807) is 12.5 Å². The maximum absolute atomic E-state index is 13.0. The van der Waals surface area contributed by atoms with Gasteiger partial charge in [0.1, 0.15) is 0 Å². The van der Waals surface area contributed by atoms with Crippen LogP contribution in [0.3, 0.4) is 0 Å². The van der Waals surface area contributed by atoms with Gasteiger partial charge >= 0.3 is 24.3 Å². The Kier molecular flexibility index (Phi) is 10.4. The molecule has 2 aliphatic rings. The van der Waals surface area contributed by atoms with Crippen LogP contribution in [0.25, 0.3) is 0 Å². The minimum absolute atomic E-state index is 0.150. The zero-order valence-electron chi connectivity index (χ0n) is 19.5. The highest BCUT2D eigenvalue weighted by molar-refractivity contribution is 5.73. The van der Waals surface area contributed by atoms with Crippen LogP contribution in [0.15, 0.2) is 35.4 Å². The lowest BCUT2D eigenvalue weighted by Gasteiger charge is -2.47. The van der Waals surface area contributed by atoms with E-state index in [1.807, 2.05) is 6.07 Å². The van der Waals surface area contributed by atoms with Crippen LogP contribution in [0, 0.1) is 5.82 Å². The molecule has 2 N–H and O–H groups in total. The van der Waals surface area contributed by atoms with Crippen molar-refractivity contribution in [3.63, 3.8) is 0 Å². The number of anilines is 1. The summed E-state index contributed by atoms with van der Waals surface area (Å²) in [7, 11) is 0. The lowest BCUT2D eigenvalue weighted by atomic mass is 9.89. The van der Waals surface area contributed by atoms with E-state index in [0.29, 0.717) is 12.6 Å². The number of piperidine rings is 1. The van der Waals surface area contributed by atoms with Crippen molar-refractivity contribution in [1.82, 2.24) is 14.9 Å². The number of carboxylic acids is 2. The molecule has 0 saturated carbocycles. The summed E-state index contributed by atoms with van der Waals surface area (Å²) in [6.07, 6.45) is -2.26. The monoisotopic (exact) mass is 560 g/mol. The molecule has 0 radical (unpaired) electrons. The summed E-state index contributed by atoms with van der Waals surface area (Å²) in [6, 6.07) is 2.01. The smallest absolute Gasteiger partial charge is 0.475 e. The van der Waals surface area contributed by atoms with Crippen molar-refractivity contribution in [2.75, 3.05) is 37.7 Å². The molecule has 10 nitrogen and oxygen atoms in total. The van der Waals surface area contributed by atoms with Crippen LogP contribution < -0.4 is 4.90 Å². The molecule has 1 spiro atoms. The van der Waals surface area contributed by atoms with Crippen LogP contribution >= 0.6 is 0 Å². The Hall–Kier alpha value is -3.47. The van der Waals surface area contributed by atoms with E-state index in [2.05, 4.69) is 19.8 Å². The van der Waals surface area contributed by atoms with Crippen molar-refractivity contribution in [2.24, 2.45) is 0 Å². The Labute approximate surface area is 210 Å². The van der Waals surface area contributed by atoms with Crippen LogP contribution in [-0.4, -0.2) is 87.8 Å². The average molecular weight is 560 g/mol. The zero-order valence-corrected chi connectivity index (χ0v) is 19.5. The van der Waals surface area contributed by atoms with Gasteiger partial charge in [-0.3, -0.25) is 4.90 Å². The van der Waals surface area contributed by atoms with Gasteiger partial charge in [-0.15, -0.1) is 0 Å². The molecule has 38 heavy (non-hydrogen) atoms. The van der Waals surface area contributed by atoms with Gasteiger partial charge in [-0.25, -0.2) is 23.9 Å². The standard InChI is InChI=1S/C17H21FN4O2.2C2HF3O2/c18-15-9-19-16(20-10-15)22-6-8-24-17(13-22)2-4-21(5-3-17)11-14-1-7-23-12-14;2*3-2(4,5)1(6)7/h1,7,9-10,12H,2-6,8,11,13H2;2*(H,6,7). The van der Waals surface area contributed by atoms with Gasteiger partial charge in [0.25, 0.3) is 0 Å². The minimum Gasteiger partial charge on any atom is -0.475 e. The van der Waals surface area contributed by atoms with Gasteiger partial charge in [-0.2, -0.15) is 26.3 Å². The van der Waals surface area contributed by atoms with E-state index in [-0.39, 0.29) is 5.60 Å². The number of furan rings is 1. The lowest BCUT2D eigenvalue weighted by Crippen LogP contribution is -2.57. The molecule has 2 aromatic rings. The maximum Gasteiger partial charge on any atom is 0.490 e. The van der Waals surface area contributed by atoms with E-state index in [9.17, 15) is 30.7 Å². The molecular formula is C21H23F7N4O6. The number of morpholine rings is 1. The minimum atomic E-state index is -5.08. The third-order valence-corrected chi connectivity index (χ3v) is 5.38. The van der Waals surface area contributed by atoms with E-state index < -0.39 is 30.1 Å². The first-order chi connectivity index (χ1) is 17.6. The van der Waals surface area contributed by atoms with E-state index >= 15 is 0 Å². The molecule has 212 valence electrons. The highest BCUT2D eigenvalue weighted by Crippen LogP contribution is 2.31. The number of ether oxygens (including phenoxy) is 1. The summed E-state index contributed by atoms with van der Waals surface area (Å²) in [4.78, 5) is 30.5. The first-order valence-corrected chi connectivity index (χ1v) is 10.8. The molecule has 0 amide bonds. The number of likely N-dealkylation sites (tertiary alicyclic amines) is 1. The molecule has 17 heteroatoms. The Morgan fingerprint density at radius 1 is 0.974 bits per heavy atom. The largest absolute Gasteiger partial charge is 0.490 e. The number of halogens is 7. The second kappa shape index (κ2) is 12.9. The molecule has 0 atom stereocenters. The van der Waals surface area contributed by atoms with E-state index in [4.69, 9.17) is 29.0 Å². The van der Waals surface area contributed by atoms with Crippen molar-refractivity contribution < 1.29 is 59.7 Å². The molecule has 0 aliphatic carbocycles. The van der Waals surface area contributed by atoms with Crippen molar-refractivity contribution in [1.29, 1.82) is 0 Å². The number of aliphatic carboxylic acids is 2. The fourth-order valence-electron chi connectivity index (χ4n) is 3.55. The second-order valence-corrected chi connectivity index (χ2v) is 8.17. The van der Waals surface area contributed by atoms with Crippen molar-refractivity contribution in [3.8, 4) is 0 Å². The number of hydrogen-bond donors (Lipinski definition) is 2. The predicted molar refractivity (Wildman–Crippen MR) is 113 cm³/mol. The van der Waals surface area contributed by atoms with Gasteiger partial charge in [0.15, 0.2) is 5.82 Å². The molecule has 2 fully saturated rings. The van der Waals surface area contributed by atoms with Crippen LogP contribution in [0.5, 0.6) is 0 Å². The Morgan fingerprint density at radius 2 is 1.50 bits per heavy atom. The summed E-state index contributed by atoms with van der Waals surface area (Å²) in [5, 5.41) is 14.2. The molecule has 4 rings (SSSR count). The number of hydrogen-bond acceptors (Lipinski definition) is 8. The van der Waals surface area contributed by atoms with Crippen molar-refractivity contribution in [3.05, 3.63) is 42.4 Å². The van der Waals surface area contributed by atoms with Crippen LogP contribution in [-0.2, 0) is 20.9 Å². The Morgan fingerprint density at radius 3 is 1.95 bits per heavy atom. The van der Waals surface area contributed by atoms with Gasteiger partial charge in [0.2, 0.25) is 5.95 Å². The summed E-state index contributed by atoms with van der Waals surface area (Å²) >= 11 is 0. The van der Waals surface area contributed by atoms with Crippen molar-refractivity contribution in [2.45, 2.75) is 37.3 Å². The predicted octanol–water partition coefficient (Wildman–Crippen LogP) is 3.35. The van der Waals surface area contributed by atoms with Gasteiger partial charge in [0.05, 0.1) is 43.7 Å². The summed E-state index contributed by atoms with van der Waals surface area (Å²) in [6.45, 7) is 5.05. The molecule has 0 aromatic carbocycles. The first-order valence-electron chi connectivity index (χ1n) is 10.8. The van der Waals surface area contributed by atoms with Crippen LogP contribution in [0.4, 0.5) is 36.7 Å². The first kappa shape index (κ1) is 30.8. The highest BCUT2D eigenvalue weighted by atomic mass is 19.4. The lowest BCUT2D eigenvalue weighted by molar-refractivity contribution is -0.193. The number of rotatable bonds is 3. The molecule has 2 aromatic heterocycles. The zero-order chi connectivity index (χ0) is 28.6. The topological polar surface area (TPSA) is 129 Å². The fourth-order valence-corrected chi connectivity index (χ4v) is 3.55. The molecule has 0 unspecified atom stereocenters. The number of alkyl halides is 6. The fraction of sp³-hybridized carbons (Fsp3) is 0.524. The average Bonchev–Trinajstić information content (AvgIpc) is 3.34. The van der Waals surface area contributed by atoms with Gasteiger partial charge in [-0.05, 0) is 18.9 Å². The summed E-state index contributed by atoms with van der Waals surface area (Å²) in [5.74, 6) is -5.34.